The topological polar surface area (TPSA) is 35.5 Å². The second-order valence-corrected chi connectivity index (χ2v) is 6.50. The van der Waals surface area contributed by atoms with Gasteiger partial charge in [-0.25, -0.2) is 0 Å². The number of methoxy groups -OCH3 is 2. The van der Waals surface area contributed by atoms with E-state index in [1.165, 1.54) is 0 Å². The summed E-state index contributed by atoms with van der Waals surface area (Å²) < 4.78 is 10.5. The first-order chi connectivity index (χ1) is 12.4. The molecule has 0 saturated heterocycles. The number of ether oxygens (including phenoxy) is 2. The Kier molecular flexibility index (Phi) is 6.40. The van der Waals surface area contributed by atoms with Crippen LogP contribution < -0.4 is 9.47 Å². The van der Waals surface area contributed by atoms with Crippen molar-refractivity contribution >= 4 is 5.78 Å². The lowest BCUT2D eigenvalue weighted by Gasteiger charge is -2.20. The van der Waals surface area contributed by atoms with Crippen LogP contribution in [-0.4, -0.2) is 20.0 Å². The van der Waals surface area contributed by atoms with Gasteiger partial charge in [0.2, 0.25) is 0 Å². The van der Waals surface area contributed by atoms with Gasteiger partial charge < -0.3 is 9.47 Å². The molecule has 0 amide bonds. The molecular weight excluding hydrogens is 324 g/mol. The molecule has 0 saturated carbocycles. The molecule has 0 bridgehead atoms. The highest BCUT2D eigenvalue weighted by Gasteiger charge is 2.27. The molecule has 0 aliphatic carbocycles. The Morgan fingerprint density at radius 3 is 1.46 bits per heavy atom. The fraction of sp³-hybridized carbons (Fsp3) is 0.261. The smallest absolute Gasteiger partial charge is 0.174 e. The molecule has 0 N–H and O–H groups in total. The van der Waals surface area contributed by atoms with E-state index in [1.54, 1.807) is 14.2 Å². The summed E-state index contributed by atoms with van der Waals surface area (Å²) in [6, 6.07) is 15.3. The van der Waals surface area contributed by atoms with E-state index in [2.05, 4.69) is 6.58 Å². The third-order valence-corrected chi connectivity index (χ3v) is 4.33. The van der Waals surface area contributed by atoms with Crippen molar-refractivity contribution in [1.29, 1.82) is 0 Å². The molecule has 26 heavy (non-hydrogen) atoms. The van der Waals surface area contributed by atoms with E-state index in [0.717, 1.165) is 33.8 Å². The minimum Gasteiger partial charge on any atom is -0.497 e. The van der Waals surface area contributed by atoms with Crippen molar-refractivity contribution in [3.05, 3.63) is 83.0 Å². The third-order valence-electron chi connectivity index (χ3n) is 4.33. The molecule has 0 spiro atoms. The van der Waals surface area contributed by atoms with Crippen LogP contribution in [-0.2, 0) is 4.79 Å². The van der Waals surface area contributed by atoms with Gasteiger partial charge in [0.05, 0.1) is 20.1 Å². The summed E-state index contributed by atoms with van der Waals surface area (Å²) >= 11 is 0. The van der Waals surface area contributed by atoms with E-state index < -0.39 is 5.92 Å². The number of carbonyl (C=O) groups excluding carboxylic acids is 1. The van der Waals surface area contributed by atoms with Crippen LogP contribution in [0.3, 0.4) is 0 Å². The minimum absolute atomic E-state index is 0.0489. The van der Waals surface area contributed by atoms with Crippen LogP contribution in [0, 0.1) is 0 Å². The van der Waals surface area contributed by atoms with Crippen molar-refractivity contribution in [2.45, 2.75) is 26.7 Å². The highest BCUT2D eigenvalue weighted by atomic mass is 16.5. The van der Waals surface area contributed by atoms with Crippen molar-refractivity contribution in [2.24, 2.45) is 0 Å². The van der Waals surface area contributed by atoms with Crippen LogP contribution in [0.15, 0.2) is 71.8 Å². The van der Waals surface area contributed by atoms with Gasteiger partial charge >= 0.3 is 0 Å². The summed E-state index contributed by atoms with van der Waals surface area (Å²) in [6.45, 7) is 9.77. The van der Waals surface area contributed by atoms with Gasteiger partial charge in [0.1, 0.15) is 11.5 Å². The maximum absolute atomic E-state index is 13.5. The maximum atomic E-state index is 13.5. The fourth-order valence-corrected chi connectivity index (χ4v) is 3.12. The predicted molar refractivity (Wildman–Crippen MR) is 106 cm³/mol. The van der Waals surface area contributed by atoms with Gasteiger partial charge in [0.25, 0.3) is 0 Å². The zero-order chi connectivity index (χ0) is 19.3. The van der Waals surface area contributed by atoms with Gasteiger partial charge in [0.15, 0.2) is 5.78 Å². The summed E-state index contributed by atoms with van der Waals surface area (Å²) in [5, 5.41) is 0. The van der Waals surface area contributed by atoms with Crippen molar-refractivity contribution in [3.8, 4) is 11.5 Å². The van der Waals surface area contributed by atoms with Crippen molar-refractivity contribution in [3.63, 3.8) is 0 Å². The first-order valence-corrected chi connectivity index (χ1v) is 8.54. The van der Waals surface area contributed by atoms with Crippen LogP contribution in [0.2, 0.25) is 0 Å². The number of allylic oxidation sites excluding steroid dienone is 3. The average Bonchev–Trinajstić information content (AvgIpc) is 2.62. The van der Waals surface area contributed by atoms with Crippen LogP contribution in [0.4, 0.5) is 0 Å². The summed E-state index contributed by atoms with van der Waals surface area (Å²) in [5.74, 6) is 1.16. The molecule has 3 heteroatoms. The van der Waals surface area contributed by atoms with Crippen molar-refractivity contribution < 1.29 is 14.3 Å². The third kappa shape index (κ3) is 4.23. The second-order valence-electron chi connectivity index (χ2n) is 6.50. The normalized spacial score (nSPS) is 10.4. The Bertz CT molecular complexity index is 760. The molecule has 0 fully saturated rings. The number of carbonyl (C=O) groups is 1. The lowest BCUT2D eigenvalue weighted by Crippen LogP contribution is -2.18. The van der Waals surface area contributed by atoms with Gasteiger partial charge in [-0.05, 0) is 61.7 Å². The molecule has 0 radical (unpaired) electrons. The lowest BCUT2D eigenvalue weighted by atomic mass is 9.82. The number of benzene rings is 2. The Morgan fingerprint density at radius 2 is 1.19 bits per heavy atom. The largest absolute Gasteiger partial charge is 0.497 e. The standard InChI is InChI=1S/C23H26O3/c1-15(2)21(16(3)4)23(24)22(17-7-11-19(25-5)12-8-17)18-9-13-20(26-6)14-10-18/h7-14,22H,1H2,2-6H3. The summed E-state index contributed by atoms with van der Waals surface area (Å²) in [5.41, 5.74) is 4.28. The first kappa shape index (κ1) is 19.5. The maximum Gasteiger partial charge on any atom is 0.174 e. The summed E-state index contributed by atoms with van der Waals surface area (Å²) in [7, 11) is 3.26. The Morgan fingerprint density at radius 1 is 0.808 bits per heavy atom. The number of hydrogen-bond acceptors (Lipinski definition) is 3. The van der Waals surface area contributed by atoms with E-state index in [0.29, 0.717) is 5.57 Å². The molecule has 0 atom stereocenters. The zero-order valence-electron chi connectivity index (χ0n) is 16.1. The molecule has 0 heterocycles. The van der Waals surface area contributed by atoms with E-state index in [9.17, 15) is 4.79 Å². The molecule has 0 aromatic heterocycles. The SMILES string of the molecule is C=C(C)C(C(=O)C(c1ccc(OC)cc1)c1ccc(OC)cc1)=C(C)C. The Balaban J connectivity index is 2.58. The monoisotopic (exact) mass is 350 g/mol. The van der Waals surface area contributed by atoms with Crippen LogP contribution in [0.1, 0.15) is 37.8 Å². The summed E-state index contributed by atoms with van der Waals surface area (Å²) in [6.07, 6.45) is 0. The van der Waals surface area contributed by atoms with Gasteiger partial charge in [-0.1, -0.05) is 36.4 Å². The summed E-state index contributed by atoms with van der Waals surface area (Å²) in [4.78, 5) is 13.5. The Hall–Kier alpha value is -2.81. The van der Waals surface area contributed by atoms with Crippen LogP contribution >= 0.6 is 0 Å². The number of rotatable bonds is 7. The first-order valence-electron chi connectivity index (χ1n) is 8.54. The molecule has 2 rings (SSSR count). The molecule has 0 unspecified atom stereocenters. The average molecular weight is 350 g/mol. The zero-order valence-corrected chi connectivity index (χ0v) is 16.1. The molecule has 3 nitrogen and oxygen atoms in total. The number of hydrogen-bond donors (Lipinski definition) is 0. The molecule has 2 aromatic rings. The fourth-order valence-electron chi connectivity index (χ4n) is 3.12. The van der Waals surface area contributed by atoms with Gasteiger partial charge in [-0.3, -0.25) is 4.79 Å². The highest BCUT2D eigenvalue weighted by Crippen LogP contribution is 2.33. The molecule has 0 aliphatic heterocycles. The van der Waals surface area contributed by atoms with Gasteiger partial charge in [-0.2, -0.15) is 0 Å². The van der Waals surface area contributed by atoms with E-state index in [-0.39, 0.29) is 5.78 Å². The van der Waals surface area contributed by atoms with Crippen molar-refractivity contribution in [2.75, 3.05) is 14.2 Å². The predicted octanol–water partition coefficient (Wildman–Crippen LogP) is 5.32. The van der Waals surface area contributed by atoms with E-state index in [4.69, 9.17) is 9.47 Å². The molecule has 2 aromatic carbocycles. The second kappa shape index (κ2) is 8.52. The van der Waals surface area contributed by atoms with Crippen LogP contribution in [0.25, 0.3) is 0 Å². The molecule has 0 aliphatic rings. The highest BCUT2D eigenvalue weighted by molar-refractivity contribution is 6.06. The van der Waals surface area contributed by atoms with Crippen LogP contribution in [0.5, 0.6) is 11.5 Å². The van der Waals surface area contributed by atoms with E-state index >= 15 is 0 Å². The van der Waals surface area contributed by atoms with Gasteiger partial charge in [-0.15, -0.1) is 0 Å². The van der Waals surface area contributed by atoms with E-state index in [1.807, 2.05) is 69.3 Å². The molecular formula is C23H26O3. The van der Waals surface area contributed by atoms with Gasteiger partial charge in [0, 0.05) is 5.57 Å². The number of Topliss-reactive ketones (excluding diaryl/α,β-unsaturated/α-hetero) is 1. The Labute approximate surface area is 156 Å². The lowest BCUT2D eigenvalue weighted by molar-refractivity contribution is -0.116. The number of ketones is 1. The molecule has 136 valence electrons. The quantitative estimate of drug-likeness (QED) is 0.501. The minimum atomic E-state index is -0.409. The van der Waals surface area contributed by atoms with Crippen molar-refractivity contribution in [1.82, 2.24) is 0 Å².